The summed E-state index contributed by atoms with van der Waals surface area (Å²) in [5.41, 5.74) is 36.6. The third kappa shape index (κ3) is 17.3. The number of nitrogens with zero attached hydrogens (tertiary/aromatic N) is 6. The van der Waals surface area contributed by atoms with Gasteiger partial charge >= 0.3 is 0 Å². The fourth-order valence-corrected chi connectivity index (χ4v) is 20.1. The summed E-state index contributed by atoms with van der Waals surface area (Å²) in [6.07, 6.45) is 7.35. The Bertz CT molecular complexity index is 7790. The maximum atomic E-state index is 8.01. The van der Waals surface area contributed by atoms with Crippen LogP contribution in [0, 0.1) is 0 Å². The van der Waals surface area contributed by atoms with Gasteiger partial charge in [0.2, 0.25) is 0 Å². The summed E-state index contributed by atoms with van der Waals surface area (Å²) in [5.74, 6) is 0. The molecule has 0 spiro atoms. The minimum Gasteiger partial charge on any atom is -0.471 e. The third-order valence-corrected chi connectivity index (χ3v) is 27.5. The molecule has 0 bridgehead atoms. The van der Waals surface area contributed by atoms with Crippen LogP contribution in [0.3, 0.4) is 0 Å². The molecule has 0 fully saturated rings. The van der Waals surface area contributed by atoms with Gasteiger partial charge in [-0.2, -0.15) is 0 Å². The number of furan rings is 2. The largest absolute Gasteiger partial charge is 0.471 e. The second-order valence-corrected chi connectivity index (χ2v) is 40.8. The predicted molar refractivity (Wildman–Crippen MR) is 587 cm³/mol. The van der Waals surface area contributed by atoms with Crippen molar-refractivity contribution in [1.82, 2.24) is 0 Å². The van der Waals surface area contributed by atoms with Crippen LogP contribution in [-0.2, 0) is 21.7 Å². The highest BCUT2D eigenvalue weighted by Gasteiger charge is 2.45. The fraction of sp³-hybridized carbons (Fsp3) is 0.125. The third-order valence-electron chi connectivity index (χ3n) is 27.1. The summed E-state index contributed by atoms with van der Waals surface area (Å²) in [6.45, 7) is 27.4. The van der Waals surface area contributed by atoms with E-state index in [0.29, 0.717) is 5.02 Å². The summed E-state index contributed by atoms with van der Waals surface area (Å²) in [7, 11) is 0. The van der Waals surface area contributed by atoms with Crippen LogP contribution in [0.1, 0.15) is 105 Å². The lowest BCUT2D eigenvalue weighted by Gasteiger charge is -2.45. The van der Waals surface area contributed by atoms with E-state index in [4.69, 9.17) is 20.4 Å². The first-order valence-electron chi connectivity index (χ1n) is 47.8. The predicted octanol–water partition coefficient (Wildman–Crippen LogP) is 35.3. The lowest BCUT2D eigenvalue weighted by Crippen LogP contribution is -2.61. The minimum atomic E-state index is -0.233. The van der Waals surface area contributed by atoms with Crippen molar-refractivity contribution in [2.24, 2.45) is 0 Å². The molecular weight excluding hydrogens is 1700 g/mol. The number of hydrogen-bond donors (Lipinski definition) is 0. The maximum absolute atomic E-state index is 8.01. The lowest BCUT2D eigenvalue weighted by molar-refractivity contribution is 0.572. The summed E-state index contributed by atoms with van der Waals surface area (Å²) < 4.78 is 11.6. The van der Waals surface area contributed by atoms with E-state index in [1.54, 1.807) is 12.5 Å². The number of hydrogen-bond acceptors (Lipinski definition) is 8. The van der Waals surface area contributed by atoms with E-state index in [1.807, 2.05) is 18.6 Å². The van der Waals surface area contributed by atoms with E-state index in [-0.39, 0.29) is 28.4 Å². The summed E-state index contributed by atoms with van der Waals surface area (Å²) in [4.78, 5) is 14.5. The molecule has 138 heavy (non-hydrogen) atoms. The Balaban J connectivity index is 0.000000164. The number of halogens is 1. The first-order valence-corrected chi connectivity index (χ1v) is 48.2. The zero-order valence-electron chi connectivity index (χ0n) is 80.2. The molecular formula is C128H110BClN6O2. The second-order valence-electron chi connectivity index (χ2n) is 40.4. The lowest BCUT2D eigenvalue weighted by atomic mass is 9.33. The molecule has 2 aliphatic heterocycles. The van der Waals surface area contributed by atoms with E-state index in [9.17, 15) is 0 Å². The van der Waals surface area contributed by atoms with E-state index in [0.717, 1.165) is 151 Å². The highest BCUT2D eigenvalue weighted by Crippen LogP contribution is 2.55. The van der Waals surface area contributed by atoms with Crippen LogP contribution in [-0.4, -0.2) is 6.71 Å². The number of benzene rings is 18. The average Bonchev–Trinajstić information content (AvgIpc) is 0.865. The van der Waals surface area contributed by atoms with Gasteiger partial charge in [-0.15, -0.1) is 0 Å². The standard InChI is InChI=1S/C64H54BN3O.C64H56ClN3O/c1-63(2,3)48-28-30-52(31-29-48)66(57-36-45(43-19-11-7-12-20-43)27-33-54(57)44-21-13-8-14-22-44)53-32-34-55-59(40-53)68(51-25-17-10-18-26-51)61-39-49(64(4,5)6)38-60-62(61)65(55)56-35-46-41-69-42-47(46)37-58(56)67(60)50-23-15-9-16-24-50;1-63(2,3)50-32-35-54(36-33-50)66(59-39-47(45-20-11-7-12-21-45)31-37-58(59)46-22-13-8-14-23-46)55-28-19-29-56(42-55)67(52-24-15-9-16-25-52)60-40-51(64(4,5)6)41-61(62(60)65)68(53-26-17-10-18-27-53)57-34-30-48-43-69-44-49(48)38-57/h7-42H,1-6H3;7-44H,1-6H3. The zero-order chi connectivity index (χ0) is 94.7. The molecule has 8 nitrogen and oxygen atoms in total. The molecule has 10 heteroatoms. The smallest absolute Gasteiger partial charge is 0.252 e. The molecule has 0 amide bonds. The van der Waals surface area contributed by atoms with Crippen molar-refractivity contribution in [3.63, 3.8) is 0 Å². The number of fused-ring (bicyclic) bond motifs is 6. The normalized spacial score (nSPS) is 12.3. The molecule has 0 N–H and O–H groups in total. The molecule has 0 atom stereocenters. The quantitative estimate of drug-likeness (QED) is 0.0788. The Labute approximate surface area is 817 Å². The summed E-state index contributed by atoms with van der Waals surface area (Å²) in [5, 5.41) is 4.85. The van der Waals surface area contributed by atoms with Gasteiger partial charge in [-0.25, -0.2) is 0 Å². The molecule has 674 valence electrons. The van der Waals surface area contributed by atoms with Gasteiger partial charge < -0.3 is 38.2 Å². The maximum Gasteiger partial charge on any atom is 0.252 e. The molecule has 4 heterocycles. The van der Waals surface area contributed by atoms with E-state index >= 15 is 0 Å². The molecule has 22 rings (SSSR count). The SMILES string of the molecule is CC(C)(C)c1ccc(N(c2ccc3c(c2)N(c2ccccc2)c2cc(C(C)(C)C)cc4c2B3c2cc3cocc3cc2N4c2ccccc2)c2cc(-c3ccccc3)ccc2-c2ccccc2)cc1.CC(C)(C)c1ccc(N(c2cccc(N(c3ccccc3)c3cc(C(C)(C)C)cc(N(c4ccccc4)c4ccc5cocc5c4)c3Cl)c2)c2cc(-c3ccccc3)ccc2-c2ccccc2)cc1. The minimum absolute atomic E-state index is 0.000353. The van der Waals surface area contributed by atoms with Gasteiger partial charge in [0, 0.05) is 112 Å². The van der Waals surface area contributed by atoms with Crippen molar-refractivity contribution >= 4 is 159 Å². The first kappa shape index (κ1) is 88.8. The summed E-state index contributed by atoms with van der Waals surface area (Å²) in [6, 6.07) is 155. The molecule has 20 aromatic rings. The van der Waals surface area contributed by atoms with Crippen LogP contribution in [0.25, 0.3) is 66.1 Å². The molecule has 2 aromatic heterocycles. The van der Waals surface area contributed by atoms with Crippen molar-refractivity contribution in [3.8, 4) is 44.5 Å². The van der Waals surface area contributed by atoms with E-state index in [1.165, 1.54) is 55.7 Å². The van der Waals surface area contributed by atoms with Crippen LogP contribution in [0.15, 0.2) is 459 Å². The molecule has 0 saturated carbocycles. The van der Waals surface area contributed by atoms with Crippen LogP contribution >= 0.6 is 11.6 Å². The fourth-order valence-electron chi connectivity index (χ4n) is 19.8. The Kier molecular flexibility index (Phi) is 23.4. The average molecular weight is 1810 g/mol. The van der Waals surface area contributed by atoms with Crippen molar-refractivity contribution in [2.45, 2.75) is 105 Å². The highest BCUT2D eigenvalue weighted by molar-refractivity contribution is 7.00. The van der Waals surface area contributed by atoms with Gasteiger partial charge in [-0.05, 0) is 257 Å². The number of para-hydroxylation sites is 4. The second kappa shape index (κ2) is 36.4. The van der Waals surface area contributed by atoms with Crippen molar-refractivity contribution in [1.29, 1.82) is 0 Å². The molecule has 0 radical (unpaired) electrons. The monoisotopic (exact) mass is 1810 g/mol. The van der Waals surface area contributed by atoms with E-state index in [2.05, 4.69) is 531 Å². The van der Waals surface area contributed by atoms with Crippen molar-refractivity contribution in [3.05, 3.63) is 477 Å². The molecule has 0 aliphatic carbocycles. The Morgan fingerprint density at radius 2 is 0.551 bits per heavy atom. The van der Waals surface area contributed by atoms with Crippen molar-refractivity contribution < 1.29 is 8.83 Å². The number of rotatable bonds is 18. The zero-order valence-corrected chi connectivity index (χ0v) is 80.9. The summed E-state index contributed by atoms with van der Waals surface area (Å²) >= 11 is 8.01. The van der Waals surface area contributed by atoms with Gasteiger partial charge in [0.15, 0.2) is 0 Å². The van der Waals surface area contributed by atoms with Crippen LogP contribution < -0.4 is 45.8 Å². The van der Waals surface area contributed by atoms with Crippen LogP contribution in [0.2, 0.25) is 5.02 Å². The van der Waals surface area contributed by atoms with Gasteiger partial charge in [-0.3, -0.25) is 0 Å². The van der Waals surface area contributed by atoms with Crippen molar-refractivity contribution in [2.75, 3.05) is 29.4 Å². The Morgan fingerprint density at radius 1 is 0.225 bits per heavy atom. The van der Waals surface area contributed by atoms with Crippen LogP contribution in [0.5, 0.6) is 0 Å². The molecule has 0 unspecified atom stereocenters. The van der Waals surface area contributed by atoms with Gasteiger partial charge in [0.25, 0.3) is 6.71 Å². The molecule has 0 saturated heterocycles. The molecule has 18 aromatic carbocycles. The number of anilines is 18. The van der Waals surface area contributed by atoms with Crippen LogP contribution in [0.4, 0.5) is 102 Å². The first-order chi connectivity index (χ1) is 66.9. The van der Waals surface area contributed by atoms with E-state index < -0.39 is 0 Å². The van der Waals surface area contributed by atoms with Gasteiger partial charge in [0.1, 0.15) is 0 Å². The van der Waals surface area contributed by atoms with Gasteiger partial charge in [-0.1, -0.05) is 356 Å². The highest BCUT2D eigenvalue weighted by atomic mass is 35.5. The molecule has 2 aliphatic rings. The van der Waals surface area contributed by atoms with Gasteiger partial charge in [0.05, 0.1) is 52.8 Å². The Hall–Kier alpha value is -15.8. The topological polar surface area (TPSA) is 45.7 Å². The Morgan fingerprint density at radius 3 is 0.978 bits per heavy atom.